The Morgan fingerprint density at radius 1 is 1.37 bits per heavy atom. The zero-order valence-corrected chi connectivity index (χ0v) is 11.9. The molecule has 0 heterocycles. The van der Waals surface area contributed by atoms with E-state index in [1.54, 1.807) is 24.9 Å². The zero-order valence-electron chi connectivity index (χ0n) is 11.2. The lowest BCUT2D eigenvalue weighted by Crippen LogP contribution is -2.47. The van der Waals surface area contributed by atoms with Gasteiger partial charge in [-0.3, -0.25) is 4.79 Å². The Bertz CT molecular complexity index is 479. The average molecular weight is 284 g/mol. The van der Waals surface area contributed by atoms with Crippen LogP contribution in [0.3, 0.4) is 0 Å². The first-order valence-electron chi connectivity index (χ1n) is 5.91. The topological polar surface area (TPSA) is 75.4 Å². The van der Waals surface area contributed by atoms with E-state index in [0.717, 1.165) is 5.56 Å². The van der Waals surface area contributed by atoms with Gasteiger partial charge < -0.3 is 16.0 Å². The molecule has 0 fully saturated rings. The van der Waals surface area contributed by atoms with Gasteiger partial charge in [0.15, 0.2) is 0 Å². The summed E-state index contributed by atoms with van der Waals surface area (Å²) in [5.74, 6) is -0.216. The summed E-state index contributed by atoms with van der Waals surface area (Å²) in [7, 11) is 1.67. The number of benzene rings is 1. The van der Waals surface area contributed by atoms with Crippen molar-refractivity contribution in [1.82, 2.24) is 10.2 Å². The molecule has 0 aliphatic carbocycles. The molecule has 3 amide bonds. The van der Waals surface area contributed by atoms with E-state index in [1.165, 1.54) is 0 Å². The Balaban J connectivity index is 2.79. The molecular weight excluding hydrogens is 266 g/mol. The fourth-order valence-corrected chi connectivity index (χ4v) is 1.96. The third-order valence-corrected chi connectivity index (χ3v) is 3.22. The SMILES string of the molecule is C[C@H](c1cccc(Cl)c1)N(C)C(=O)[C@@H](C)NC(N)=O. The van der Waals surface area contributed by atoms with E-state index < -0.39 is 12.1 Å². The quantitative estimate of drug-likeness (QED) is 0.886. The molecule has 0 unspecified atom stereocenters. The third kappa shape index (κ3) is 4.13. The fourth-order valence-electron chi connectivity index (χ4n) is 1.76. The number of rotatable bonds is 4. The highest BCUT2D eigenvalue weighted by molar-refractivity contribution is 6.30. The van der Waals surface area contributed by atoms with Crippen LogP contribution in [0.25, 0.3) is 0 Å². The minimum atomic E-state index is -0.718. The summed E-state index contributed by atoms with van der Waals surface area (Å²) in [6.07, 6.45) is 0. The van der Waals surface area contributed by atoms with Crippen molar-refractivity contribution in [3.05, 3.63) is 34.9 Å². The molecule has 0 bridgehead atoms. The normalized spacial score (nSPS) is 13.5. The number of amides is 3. The van der Waals surface area contributed by atoms with Gasteiger partial charge >= 0.3 is 6.03 Å². The van der Waals surface area contributed by atoms with Crippen molar-refractivity contribution in [1.29, 1.82) is 0 Å². The van der Waals surface area contributed by atoms with Gasteiger partial charge in [-0.25, -0.2) is 4.79 Å². The Hall–Kier alpha value is -1.75. The first-order chi connectivity index (χ1) is 8.82. The Labute approximate surface area is 117 Å². The number of hydrogen-bond donors (Lipinski definition) is 2. The van der Waals surface area contributed by atoms with E-state index in [1.807, 2.05) is 25.1 Å². The van der Waals surface area contributed by atoms with Crippen LogP contribution in [-0.4, -0.2) is 29.9 Å². The standard InChI is InChI=1S/C13H18ClN3O2/c1-8(16-13(15)19)12(18)17(3)9(2)10-5-4-6-11(14)7-10/h4-9H,1-3H3,(H3,15,16,19)/t8-,9-/m1/s1. The van der Waals surface area contributed by atoms with E-state index in [-0.39, 0.29) is 11.9 Å². The molecule has 0 radical (unpaired) electrons. The van der Waals surface area contributed by atoms with Crippen molar-refractivity contribution in [3.63, 3.8) is 0 Å². The molecule has 3 N–H and O–H groups in total. The van der Waals surface area contributed by atoms with Crippen LogP contribution in [0.4, 0.5) is 4.79 Å². The third-order valence-electron chi connectivity index (χ3n) is 2.99. The van der Waals surface area contributed by atoms with Gasteiger partial charge in [-0.2, -0.15) is 0 Å². The molecule has 1 aromatic rings. The molecule has 5 nitrogen and oxygen atoms in total. The van der Waals surface area contributed by atoms with Gasteiger partial charge in [0, 0.05) is 12.1 Å². The molecule has 1 aromatic carbocycles. The molecular formula is C13H18ClN3O2. The Morgan fingerprint density at radius 2 is 2.00 bits per heavy atom. The van der Waals surface area contributed by atoms with Crippen LogP contribution in [0, 0.1) is 0 Å². The predicted octanol–water partition coefficient (Wildman–Crippen LogP) is 1.92. The van der Waals surface area contributed by atoms with Crippen LogP contribution in [0.1, 0.15) is 25.5 Å². The van der Waals surface area contributed by atoms with E-state index in [2.05, 4.69) is 5.32 Å². The van der Waals surface area contributed by atoms with Crippen molar-refractivity contribution < 1.29 is 9.59 Å². The molecule has 1 rings (SSSR count). The lowest BCUT2D eigenvalue weighted by Gasteiger charge is -2.28. The minimum Gasteiger partial charge on any atom is -0.352 e. The summed E-state index contributed by atoms with van der Waals surface area (Å²) in [5, 5.41) is 2.98. The first-order valence-corrected chi connectivity index (χ1v) is 6.28. The summed E-state index contributed by atoms with van der Waals surface area (Å²) in [4.78, 5) is 24.4. The minimum absolute atomic E-state index is 0.150. The van der Waals surface area contributed by atoms with Crippen LogP contribution >= 0.6 is 11.6 Å². The predicted molar refractivity (Wildman–Crippen MR) is 74.8 cm³/mol. The maximum absolute atomic E-state index is 12.1. The largest absolute Gasteiger partial charge is 0.352 e. The van der Waals surface area contributed by atoms with Gasteiger partial charge in [0.2, 0.25) is 5.91 Å². The molecule has 0 spiro atoms. The highest BCUT2D eigenvalue weighted by Crippen LogP contribution is 2.22. The van der Waals surface area contributed by atoms with Gasteiger partial charge in [0.05, 0.1) is 6.04 Å². The number of hydrogen-bond acceptors (Lipinski definition) is 2. The lowest BCUT2D eigenvalue weighted by molar-refractivity contribution is -0.133. The van der Waals surface area contributed by atoms with Crippen molar-refractivity contribution in [3.8, 4) is 0 Å². The molecule has 104 valence electrons. The second-order valence-corrected chi connectivity index (χ2v) is 4.85. The van der Waals surface area contributed by atoms with Crippen LogP contribution in [0.2, 0.25) is 5.02 Å². The Morgan fingerprint density at radius 3 is 2.53 bits per heavy atom. The molecule has 0 aliphatic rings. The number of carbonyl (C=O) groups excluding carboxylic acids is 2. The van der Waals surface area contributed by atoms with E-state index >= 15 is 0 Å². The second kappa shape index (κ2) is 6.43. The number of primary amides is 1. The van der Waals surface area contributed by atoms with Gasteiger partial charge in [0.1, 0.15) is 6.04 Å². The summed E-state index contributed by atoms with van der Waals surface area (Å²) >= 11 is 5.93. The molecule has 19 heavy (non-hydrogen) atoms. The van der Waals surface area contributed by atoms with E-state index in [0.29, 0.717) is 5.02 Å². The summed E-state index contributed by atoms with van der Waals surface area (Å²) in [5.41, 5.74) is 5.93. The summed E-state index contributed by atoms with van der Waals surface area (Å²) in [6, 6.07) is 5.78. The lowest BCUT2D eigenvalue weighted by atomic mass is 10.1. The number of urea groups is 1. The van der Waals surface area contributed by atoms with Crippen LogP contribution in [0.5, 0.6) is 0 Å². The Kier molecular flexibility index (Phi) is 5.18. The van der Waals surface area contributed by atoms with Crippen LogP contribution in [0.15, 0.2) is 24.3 Å². The molecule has 0 saturated carbocycles. The number of halogens is 1. The monoisotopic (exact) mass is 283 g/mol. The van der Waals surface area contributed by atoms with E-state index in [9.17, 15) is 9.59 Å². The van der Waals surface area contributed by atoms with Gasteiger partial charge in [-0.1, -0.05) is 23.7 Å². The first kappa shape index (κ1) is 15.3. The fraction of sp³-hybridized carbons (Fsp3) is 0.385. The molecule has 0 aliphatic heterocycles. The van der Waals surface area contributed by atoms with Crippen LogP contribution < -0.4 is 11.1 Å². The van der Waals surface area contributed by atoms with Gasteiger partial charge in [-0.15, -0.1) is 0 Å². The molecule has 0 aromatic heterocycles. The highest BCUT2D eigenvalue weighted by Gasteiger charge is 2.23. The zero-order chi connectivity index (χ0) is 14.6. The molecule has 6 heteroatoms. The number of nitrogens with one attached hydrogen (secondary N) is 1. The number of carbonyl (C=O) groups is 2. The molecule has 2 atom stereocenters. The smallest absolute Gasteiger partial charge is 0.312 e. The van der Waals surface area contributed by atoms with Crippen LogP contribution in [-0.2, 0) is 4.79 Å². The average Bonchev–Trinajstić information content (AvgIpc) is 2.35. The second-order valence-electron chi connectivity index (χ2n) is 4.41. The maximum Gasteiger partial charge on any atom is 0.312 e. The highest BCUT2D eigenvalue weighted by atomic mass is 35.5. The summed E-state index contributed by atoms with van der Waals surface area (Å²) in [6.45, 7) is 3.48. The van der Waals surface area contributed by atoms with Crippen molar-refractivity contribution in [2.45, 2.75) is 25.9 Å². The summed E-state index contributed by atoms with van der Waals surface area (Å²) < 4.78 is 0. The van der Waals surface area contributed by atoms with Gasteiger partial charge in [-0.05, 0) is 31.5 Å². The number of nitrogens with two attached hydrogens (primary N) is 1. The number of likely N-dealkylation sites (N-methyl/N-ethyl adjacent to an activating group) is 1. The molecule has 0 saturated heterocycles. The van der Waals surface area contributed by atoms with Crippen molar-refractivity contribution in [2.24, 2.45) is 5.73 Å². The van der Waals surface area contributed by atoms with Gasteiger partial charge in [0.25, 0.3) is 0 Å². The van der Waals surface area contributed by atoms with E-state index in [4.69, 9.17) is 17.3 Å². The maximum atomic E-state index is 12.1. The van der Waals surface area contributed by atoms with Crippen molar-refractivity contribution in [2.75, 3.05) is 7.05 Å². The number of nitrogens with zero attached hydrogens (tertiary/aromatic N) is 1. The van der Waals surface area contributed by atoms with Crippen molar-refractivity contribution >= 4 is 23.5 Å².